The first-order chi connectivity index (χ1) is 15.2. The van der Waals surface area contributed by atoms with Crippen molar-refractivity contribution in [2.24, 2.45) is 0 Å². The molecule has 2 aromatic heterocycles. The van der Waals surface area contributed by atoms with E-state index >= 15 is 0 Å². The lowest BCUT2D eigenvalue weighted by Crippen LogP contribution is -2.09. The summed E-state index contributed by atoms with van der Waals surface area (Å²) in [4.78, 5) is 0. The van der Waals surface area contributed by atoms with E-state index in [-0.39, 0.29) is 0 Å². The predicted octanol–water partition coefficient (Wildman–Crippen LogP) is 7.84. The molecule has 1 unspecified atom stereocenters. The molecule has 1 atom stereocenters. The molecule has 0 aliphatic heterocycles. The van der Waals surface area contributed by atoms with Gasteiger partial charge < -0.3 is 9.13 Å². The van der Waals surface area contributed by atoms with Crippen molar-refractivity contribution in [2.45, 2.75) is 46.2 Å². The average molecular weight is 405 g/mol. The third kappa shape index (κ3) is 2.57. The Bertz CT molecular complexity index is 1490. The van der Waals surface area contributed by atoms with Crippen LogP contribution in [0.15, 0.2) is 66.7 Å². The highest BCUT2D eigenvalue weighted by molar-refractivity contribution is 6.09. The molecule has 0 saturated carbocycles. The largest absolute Gasteiger partial charge is 0.344 e. The summed E-state index contributed by atoms with van der Waals surface area (Å²) in [5.74, 6) is 0.509. The molecule has 0 amide bonds. The summed E-state index contributed by atoms with van der Waals surface area (Å²) in [5, 5.41) is 4.10. The maximum Gasteiger partial charge on any atom is 0.0491 e. The Morgan fingerprint density at radius 1 is 0.742 bits per heavy atom. The Kier molecular flexibility index (Phi) is 4.11. The number of rotatable bonds is 3. The zero-order valence-electron chi connectivity index (χ0n) is 18.5. The highest BCUT2D eigenvalue weighted by Crippen LogP contribution is 2.43. The van der Waals surface area contributed by atoms with Gasteiger partial charge in [0.25, 0.3) is 0 Å². The summed E-state index contributed by atoms with van der Waals surface area (Å²) in [6, 6.07) is 24.8. The monoisotopic (exact) mass is 404 g/mol. The fraction of sp³-hybridized carbons (Fsp3) is 0.241. The van der Waals surface area contributed by atoms with Crippen LogP contribution in [0.1, 0.15) is 49.9 Å². The number of hydrogen-bond acceptors (Lipinski definition) is 0. The number of hydrogen-bond donors (Lipinski definition) is 0. The fourth-order valence-corrected chi connectivity index (χ4v) is 5.83. The molecule has 0 spiro atoms. The van der Waals surface area contributed by atoms with Crippen LogP contribution in [0.2, 0.25) is 0 Å². The number of aryl methyl sites for hydroxylation is 2. The van der Waals surface area contributed by atoms with Crippen molar-refractivity contribution in [1.82, 2.24) is 9.13 Å². The Hall–Kier alpha value is -3.26. The quantitative estimate of drug-likeness (QED) is 0.290. The number of para-hydroxylation sites is 2. The topological polar surface area (TPSA) is 9.86 Å². The van der Waals surface area contributed by atoms with Gasteiger partial charge in [0.15, 0.2) is 0 Å². The van der Waals surface area contributed by atoms with Gasteiger partial charge in [-0.3, -0.25) is 0 Å². The highest BCUT2D eigenvalue weighted by Gasteiger charge is 2.25. The standard InChI is InChI=1S/C29H28N2/c1-4-30-26-12-8-6-10-22(26)24-17-20(14-15-28(24)30)21-16-19(3)29-25(18-21)23-11-7-9-13-27(23)31(29)5-2/h6-15,17-19H,4-5,16H2,1-3H3. The van der Waals surface area contributed by atoms with Crippen LogP contribution in [0.4, 0.5) is 0 Å². The van der Waals surface area contributed by atoms with Crippen LogP contribution in [-0.4, -0.2) is 9.13 Å². The molecule has 154 valence electrons. The van der Waals surface area contributed by atoms with Crippen LogP contribution >= 0.6 is 0 Å². The van der Waals surface area contributed by atoms with Gasteiger partial charge in [0.2, 0.25) is 0 Å². The number of nitrogens with zero attached hydrogens (tertiary/aromatic N) is 2. The van der Waals surface area contributed by atoms with E-state index in [9.17, 15) is 0 Å². The zero-order valence-corrected chi connectivity index (χ0v) is 18.5. The van der Waals surface area contributed by atoms with Crippen molar-refractivity contribution in [3.8, 4) is 0 Å². The summed E-state index contributed by atoms with van der Waals surface area (Å²) in [6.45, 7) is 8.89. The van der Waals surface area contributed by atoms with E-state index in [0.717, 1.165) is 19.5 Å². The lowest BCUT2D eigenvalue weighted by molar-refractivity contribution is 0.660. The summed E-state index contributed by atoms with van der Waals surface area (Å²) < 4.78 is 4.94. The molecule has 3 aromatic carbocycles. The van der Waals surface area contributed by atoms with Crippen molar-refractivity contribution in [2.75, 3.05) is 0 Å². The van der Waals surface area contributed by atoms with Crippen LogP contribution in [0.5, 0.6) is 0 Å². The van der Waals surface area contributed by atoms with Crippen molar-refractivity contribution < 1.29 is 0 Å². The minimum atomic E-state index is 0.509. The second-order valence-electron chi connectivity index (χ2n) is 8.83. The normalized spacial score (nSPS) is 16.2. The molecule has 5 aromatic rings. The van der Waals surface area contributed by atoms with Gasteiger partial charge in [0.05, 0.1) is 0 Å². The second-order valence-corrected chi connectivity index (χ2v) is 8.83. The lowest BCUT2D eigenvalue weighted by Gasteiger charge is -2.23. The van der Waals surface area contributed by atoms with Gasteiger partial charge in [0.1, 0.15) is 0 Å². The predicted molar refractivity (Wildman–Crippen MR) is 134 cm³/mol. The molecule has 31 heavy (non-hydrogen) atoms. The minimum absolute atomic E-state index is 0.509. The van der Waals surface area contributed by atoms with Crippen LogP contribution in [-0.2, 0) is 13.1 Å². The fourth-order valence-electron chi connectivity index (χ4n) is 5.83. The van der Waals surface area contributed by atoms with E-state index in [1.54, 1.807) is 0 Å². The SMILES string of the molecule is CCn1c2c(c3ccccc31)C=C(c1ccc3c(c1)c1ccccc1n3CC)CC2C. The molecule has 0 radical (unpaired) electrons. The number of fused-ring (bicyclic) bond motifs is 6. The Balaban J connectivity index is 1.58. The van der Waals surface area contributed by atoms with Gasteiger partial charge in [0, 0.05) is 63.0 Å². The highest BCUT2D eigenvalue weighted by atomic mass is 15.0. The maximum absolute atomic E-state index is 2.51. The molecule has 6 rings (SSSR count). The van der Waals surface area contributed by atoms with Crippen molar-refractivity contribution in [3.05, 3.63) is 83.6 Å². The Labute approximate surface area is 183 Å². The van der Waals surface area contributed by atoms with Gasteiger partial charge in [-0.1, -0.05) is 49.4 Å². The molecule has 0 fully saturated rings. The summed E-state index contributed by atoms with van der Waals surface area (Å²) >= 11 is 0. The smallest absolute Gasteiger partial charge is 0.0491 e. The van der Waals surface area contributed by atoms with E-state index in [4.69, 9.17) is 0 Å². The van der Waals surface area contributed by atoms with E-state index in [1.807, 2.05) is 0 Å². The minimum Gasteiger partial charge on any atom is -0.344 e. The van der Waals surface area contributed by atoms with E-state index < -0.39 is 0 Å². The Morgan fingerprint density at radius 3 is 2.13 bits per heavy atom. The van der Waals surface area contributed by atoms with E-state index in [2.05, 4.69) is 103 Å². The van der Waals surface area contributed by atoms with Crippen LogP contribution in [0.3, 0.4) is 0 Å². The maximum atomic E-state index is 2.51. The van der Waals surface area contributed by atoms with Crippen molar-refractivity contribution >= 4 is 44.4 Å². The molecular formula is C29H28N2. The molecular weight excluding hydrogens is 376 g/mol. The van der Waals surface area contributed by atoms with Gasteiger partial charge >= 0.3 is 0 Å². The van der Waals surface area contributed by atoms with Gasteiger partial charge in [-0.15, -0.1) is 0 Å². The second kappa shape index (κ2) is 6.88. The number of benzene rings is 3. The third-order valence-corrected chi connectivity index (χ3v) is 7.14. The molecule has 1 aliphatic rings. The van der Waals surface area contributed by atoms with Crippen molar-refractivity contribution in [3.63, 3.8) is 0 Å². The van der Waals surface area contributed by atoms with Crippen LogP contribution in [0, 0.1) is 0 Å². The first-order valence-electron chi connectivity index (χ1n) is 11.5. The summed E-state index contributed by atoms with van der Waals surface area (Å²) in [5.41, 5.74) is 9.75. The van der Waals surface area contributed by atoms with Crippen molar-refractivity contribution in [1.29, 1.82) is 0 Å². The first kappa shape index (κ1) is 18.5. The lowest BCUT2D eigenvalue weighted by atomic mass is 9.84. The summed E-state index contributed by atoms with van der Waals surface area (Å²) in [7, 11) is 0. The first-order valence-corrected chi connectivity index (χ1v) is 11.5. The third-order valence-electron chi connectivity index (χ3n) is 7.14. The molecule has 2 heterocycles. The molecule has 2 heteroatoms. The van der Waals surface area contributed by atoms with E-state index in [1.165, 1.54) is 55.1 Å². The molecule has 0 saturated heterocycles. The molecule has 0 N–H and O–H groups in total. The van der Waals surface area contributed by atoms with Gasteiger partial charge in [-0.05, 0) is 61.7 Å². The molecule has 1 aliphatic carbocycles. The average Bonchev–Trinajstić information content (AvgIpc) is 3.31. The number of allylic oxidation sites excluding steroid dienone is 1. The van der Waals surface area contributed by atoms with E-state index in [0.29, 0.717) is 5.92 Å². The Morgan fingerprint density at radius 2 is 1.39 bits per heavy atom. The van der Waals surface area contributed by atoms with Crippen LogP contribution in [0.25, 0.3) is 44.4 Å². The van der Waals surface area contributed by atoms with Crippen LogP contribution < -0.4 is 0 Å². The molecule has 2 nitrogen and oxygen atoms in total. The van der Waals surface area contributed by atoms with Gasteiger partial charge in [-0.25, -0.2) is 0 Å². The zero-order chi connectivity index (χ0) is 21.1. The number of aromatic nitrogens is 2. The van der Waals surface area contributed by atoms with Gasteiger partial charge in [-0.2, -0.15) is 0 Å². The molecule has 0 bridgehead atoms. The summed E-state index contributed by atoms with van der Waals surface area (Å²) in [6.07, 6.45) is 3.55.